The number of furan rings is 1. The van der Waals surface area contributed by atoms with E-state index in [1.54, 1.807) is 6.26 Å². The fraction of sp³-hybridized carbons (Fsp3) is 0.714. The average molecular weight is 237 g/mol. The molecule has 2 rings (SSSR count). The molecule has 3 heteroatoms. The van der Waals surface area contributed by atoms with Gasteiger partial charge < -0.3 is 9.52 Å². The van der Waals surface area contributed by atoms with Crippen LogP contribution in [-0.2, 0) is 6.54 Å². The molecule has 1 heterocycles. The second kappa shape index (κ2) is 6.22. The third-order valence-corrected chi connectivity index (χ3v) is 3.79. The molecule has 0 aromatic carbocycles. The van der Waals surface area contributed by atoms with Gasteiger partial charge in [-0.05, 0) is 31.4 Å². The number of aryl methyl sites for hydroxylation is 1. The van der Waals surface area contributed by atoms with Crippen LogP contribution in [0.2, 0.25) is 0 Å². The smallest absolute Gasteiger partial charge is 0.120 e. The molecule has 3 nitrogen and oxygen atoms in total. The number of nitrogens with zero attached hydrogens (tertiary/aromatic N) is 1. The molecule has 1 aromatic rings. The van der Waals surface area contributed by atoms with Gasteiger partial charge in [0.1, 0.15) is 5.76 Å². The van der Waals surface area contributed by atoms with E-state index < -0.39 is 0 Å². The van der Waals surface area contributed by atoms with E-state index in [-0.39, 0.29) is 6.61 Å². The van der Waals surface area contributed by atoms with Gasteiger partial charge in [0.05, 0.1) is 19.4 Å². The number of rotatable bonds is 5. The highest BCUT2D eigenvalue weighted by Crippen LogP contribution is 2.24. The van der Waals surface area contributed by atoms with Crippen LogP contribution >= 0.6 is 0 Å². The van der Waals surface area contributed by atoms with Gasteiger partial charge in [-0.15, -0.1) is 0 Å². The van der Waals surface area contributed by atoms with Gasteiger partial charge in [0.25, 0.3) is 0 Å². The largest absolute Gasteiger partial charge is 0.468 e. The minimum absolute atomic E-state index is 0.232. The van der Waals surface area contributed by atoms with Crippen molar-refractivity contribution in [1.29, 1.82) is 0 Å². The highest BCUT2D eigenvalue weighted by atomic mass is 16.3. The molecule has 1 aromatic heterocycles. The Kier molecular flexibility index (Phi) is 4.63. The van der Waals surface area contributed by atoms with Gasteiger partial charge >= 0.3 is 0 Å². The van der Waals surface area contributed by atoms with Crippen molar-refractivity contribution in [3.63, 3.8) is 0 Å². The standard InChI is InChI=1S/C14H23NO2/c1-12-7-10-17-14(12)11-15(8-9-16)13-5-3-2-4-6-13/h7,10,13,16H,2-6,8-9,11H2,1H3. The second-order valence-corrected chi connectivity index (χ2v) is 5.01. The maximum Gasteiger partial charge on any atom is 0.120 e. The molecule has 1 aliphatic carbocycles. The number of aliphatic hydroxyl groups excluding tert-OH is 1. The van der Waals surface area contributed by atoms with E-state index in [4.69, 9.17) is 4.42 Å². The summed E-state index contributed by atoms with van der Waals surface area (Å²) in [5.41, 5.74) is 1.21. The molecule has 0 spiro atoms. The van der Waals surface area contributed by atoms with Gasteiger partial charge in [-0.25, -0.2) is 0 Å². The van der Waals surface area contributed by atoms with E-state index in [1.165, 1.54) is 37.7 Å². The van der Waals surface area contributed by atoms with Crippen molar-refractivity contribution >= 4 is 0 Å². The lowest BCUT2D eigenvalue weighted by molar-refractivity contribution is 0.109. The first-order chi connectivity index (χ1) is 8.31. The first-order valence-electron chi connectivity index (χ1n) is 6.69. The predicted octanol–water partition coefficient (Wildman–Crippen LogP) is 2.72. The summed E-state index contributed by atoms with van der Waals surface area (Å²) >= 11 is 0. The normalized spacial score (nSPS) is 17.8. The Bertz CT molecular complexity index is 329. The van der Waals surface area contributed by atoms with Crippen molar-refractivity contribution in [3.05, 3.63) is 23.7 Å². The van der Waals surface area contributed by atoms with Crippen molar-refractivity contribution in [2.75, 3.05) is 13.2 Å². The van der Waals surface area contributed by atoms with Gasteiger partial charge in [0.15, 0.2) is 0 Å². The molecular weight excluding hydrogens is 214 g/mol. The lowest BCUT2D eigenvalue weighted by atomic mass is 9.94. The van der Waals surface area contributed by atoms with Gasteiger partial charge in [-0.1, -0.05) is 19.3 Å². The molecule has 0 bridgehead atoms. The Hall–Kier alpha value is -0.800. The van der Waals surface area contributed by atoms with E-state index in [0.29, 0.717) is 6.04 Å². The molecular formula is C14H23NO2. The molecule has 17 heavy (non-hydrogen) atoms. The van der Waals surface area contributed by atoms with E-state index in [9.17, 15) is 5.11 Å². The maximum absolute atomic E-state index is 9.19. The number of hydrogen-bond acceptors (Lipinski definition) is 3. The SMILES string of the molecule is Cc1ccoc1CN(CCO)C1CCCCC1. The zero-order chi connectivity index (χ0) is 12.1. The molecule has 0 saturated heterocycles. The van der Waals surface area contributed by atoms with Gasteiger partial charge in [0.2, 0.25) is 0 Å². The summed E-state index contributed by atoms with van der Waals surface area (Å²) in [5.74, 6) is 1.05. The van der Waals surface area contributed by atoms with Crippen LogP contribution < -0.4 is 0 Å². The van der Waals surface area contributed by atoms with E-state index >= 15 is 0 Å². The fourth-order valence-electron chi connectivity index (χ4n) is 2.72. The van der Waals surface area contributed by atoms with Gasteiger partial charge in [-0.3, -0.25) is 4.90 Å². The second-order valence-electron chi connectivity index (χ2n) is 5.01. The Balaban J connectivity index is 1.98. The Morgan fingerprint density at radius 2 is 2.12 bits per heavy atom. The summed E-state index contributed by atoms with van der Waals surface area (Å²) in [7, 11) is 0. The summed E-state index contributed by atoms with van der Waals surface area (Å²) in [6.45, 7) is 3.90. The van der Waals surface area contributed by atoms with Crippen LogP contribution in [0, 0.1) is 6.92 Å². The minimum atomic E-state index is 0.232. The zero-order valence-electron chi connectivity index (χ0n) is 10.7. The molecule has 96 valence electrons. The average Bonchev–Trinajstić information content (AvgIpc) is 2.76. The first-order valence-corrected chi connectivity index (χ1v) is 6.69. The Morgan fingerprint density at radius 1 is 1.35 bits per heavy atom. The quantitative estimate of drug-likeness (QED) is 0.855. The molecule has 1 fully saturated rings. The molecule has 0 radical (unpaired) electrons. The summed E-state index contributed by atoms with van der Waals surface area (Å²) in [5, 5.41) is 9.19. The summed E-state index contributed by atoms with van der Waals surface area (Å²) in [4.78, 5) is 2.38. The third kappa shape index (κ3) is 3.33. The zero-order valence-corrected chi connectivity index (χ0v) is 10.7. The van der Waals surface area contributed by atoms with Crippen LogP contribution in [0.15, 0.2) is 16.7 Å². The fourth-order valence-corrected chi connectivity index (χ4v) is 2.72. The summed E-state index contributed by atoms with van der Waals surface area (Å²) in [6, 6.07) is 2.63. The van der Waals surface area contributed by atoms with Crippen molar-refractivity contribution in [1.82, 2.24) is 4.90 Å². The van der Waals surface area contributed by atoms with Crippen LogP contribution in [-0.4, -0.2) is 29.2 Å². The minimum Gasteiger partial charge on any atom is -0.468 e. The highest BCUT2D eigenvalue weighted by Gasteiger charge is 2.22. The van der Waals surface area contributed by atoms with Crippen LogP contribution in [0.3, 0.4) is 0 Å². The van der Waals surface area contributed by atoms with E-state index in [1.807, 2.05) is 6.07 Å². The monoisotopic (exact) mass is 237 g/mol. The summed E-state index contributed by atoms with van der Waals surface area (Å²) < 4.78 is 5.51. The molecule has 0 atom stereocenters. The van der Waals surface area contributed by atoms with Crippen LogP contribution in [0.5, 0.6) is 0 Å². The lowest BCUT2D eigenvalue weighted by Gasteiger charge is -2.33. The third-order valence-electron chi connectivity index (χ3n) is 3.79. The topological polar surface area (TPSA) is 36.6 Å². The maximum atomic E-state index is 9.19. The lowest BCUT2D eigenvalue weighted by Crippen LogP contribution is -2.38. The summed E-state index contributed by atoms with van der Waals surface area (Å²) in [6.07, 6.45) is 8.29. The van der Waals surface area contributed by atoms with Crippen molar-refractivity contribution in [3.8, 4) is 0 Å². The predicted molar refractivity (Wildman–Crippen MR) is 67.8 cm³/mol. The molecule has 0 amide bonds. The number of aliphatic hydroxyl groups is 1. The first kappa shape index (κ1) is 12.7. The van der Waals surface area contributed by atoms with Crippen molar-refractivity contribution in [2.24, 2.45) is 0 Å². The van der Waals surface area contributed by atoms with Crippen molar-refractivity contribution in [2.45, 2.75) is 51.6 Å². The molecule has 1 aliphatic rings. The van der Waals surface area contributed by atoms with Crippen LogP contribution in [0.25, 0.3) is 0 Å². The van der Waals surface area contributed by atoms with Crippen LogP contribution in [0.4, 0.5) is 0 Å². The molecule has 1 N–H and O–H groups in total. The number of hydrogen-bond donors (Lipinski definition) is 1. The highest BCUT2D eigenvalue weighted by molar-refractivity contribution is 5.14. The van der Waals surface area contributed by atoms with E-state index in [2.05, 4.69) is 11.8 Å². The Labute approximate surface area is 103 Å². The Morgan fingerprint density at radius 3 is 2.71 bits per heavy atom. The van der Waals surface area contributed by atoms with Crippen molar-refractivity contribution < 1.29 is 9.52 Å². The molecule has 1 saturated carbocycles. The van der Waals surface area contributed by atoms with Gasteiger partial charge in [-0.2, -0.15) is 0 Å². The van der Waals surface area contributed by atoms with Crippen LogP contribution in [0.1, 0.15) is 43.4 Å². The van der Waals surface area contributed by atoms with Gasteiger partial charge in [0, 0.05) is 12.6 Å². The van der Waals surface area contributed by atoms with E-state index in [0.717, 1.165) is 18.8 Å². The molecule has 0 unspecified atom stereocenters. The molecule has 0 aliphatic heterocycles.